The van der Waals surface area contributed by atoms with Gasteiger partial charge >= 0.3 is 0 Å². The predicted octanol–water partition coefficient (Wildman–Crippen LogP) is 3.43. The van der Waals surface area contributed by atoms with Crippen LogP contribution in [0.5, 0.6) is 0 Å². The number of benzene rings is 3. The van der Waals surface area contributed by atoms with Crippen LogP contribution in [0, 0.1) is 0 Å². The molecular formula is C20H17N3O. The molecule has 0 aliphatic heterocycles. The number of aromatic amines is 1. The van der Waals surface area contributed by atoms with Gasteiger partial charge in [0, 0.05) is 5.69 Å². The first-order chi connectivity index (χ1) is 11.7. The Bertz CT molecular complexity index is 938. The SMILES string of the molecule is Nc1ccc2nc(C(O)(c3ccccc3)c3ccccc3)[nH]c2c1. The number of aliphatic hydroxyl groups is 1. The molecule has 3 aromatic carbocycles. The standard InChI is InChI=1S/C20H17N3O/c21-16-11-12-17-18(13-16)23-19(22-17)20(24,14-7-3-1-4-8-14)15-9-5-2-6-10-15/h1-13,24H,21H2,(H,22,23). The summed E-state index contributed by atoms with van der Waals surface area (Å²) in [4.78, 5) is 7.85. The minimum Gasteiger partial charge on any atom is -0.399 e. The Balaban J connectivity index is 1.98. The molecule has 0 bridgehead atoms. The molecule has 0 fully saturated rings. The van der Waals surface area contributed by atoms with Crippen LogP contribution in [0.1, 0.15) is 17.0 Å². The Hall–Kier alpha value is -3.11. The highest BCUT2D eigenvalue weighted by Crippen LogP contribution is 2.35. The second-order valence-corrected chi connectivity index (χ2v) is 5.80. The van der Waals surface area contributed by atoms with Crippen LogP contribution in [-0.2, 0) is 5.60 Å². The maximum absolute atomic E-state index is 11.7. The summed E-state index contributed by atoms with van der Waals surface area (Å²) in [6.07, 6.45) is 0. The third-order valence-corrected chi connectivity index (χ3v) is 4.23. The number of nitrogens with one attached hydrogen (secondary N) is 1. The highest BCUT2D eigenvalue weighted by molar-refractivity contribution is 5.79. The number of imidazole rings is 1. The van der Waals surface area contributed by atoms with Crippen LogP contribution < -0.4 is 5.73 Å². The van der Waals surface area contributed by atoms with Gasteiger partial charge in [0.1, 0.15) is 5.82 Å². The molecule has 0 unspecified atom stereocenters. The predicted molar refractivity (Wildman–Crippen MR) is 95.5 cm³/mol. The Labute approximate surface area is 139 Å². The second kappa shape index (κ2) is 5.51. The van der Waals surface area contributed by atoms with E-state index in [-0.39, 0.29) is 0 Å². The molecule has 0 amide bonds. The molecule has 118 valence electrons. The van der Waals surface area contributed by atoms with Crippen molar-refractivity contribution in [3.63, 3.8) is 0 Å². The molecule has 24 heavy (non-hydrogen) atoms. The van der Waals surface area contributed by atoms with Gasteiger partial charge in [-0.05, 0) is 29.3 Å². The number of fused-ring (bicyclic) bond motifs is 1. The van der Waals surface area contributed by atoms with Crippen LogP contribution in [0.4, 0.5) is 5.69 Å². The average Bonchev–Trinajstić information content (AvgIpc) is 3.06. The van der Waals surface area contributed by atoms with Gasteiger partial charge in [0.05, 0.1) is 11.0 Å². The zero-order valence-electron chi connectivity index (χ0n) is 13.0. The van der Waals surface area contributed by atoms with Crippen LogP contribution in [-0.4, -0.2) is 15.1 Å². The summed E-state index contributed by atoms with van der Waals surface area (Å²) in [7, 11) is 0. The Morgan fingerprint density at radius 2 is 1.42 bits per heavy atom. The molecule has 4 heteroatoms. The highest BCUT2D eigenvalue weighted by Gasteiger charge is 2.36. The first-order valence-corrected chi connectivity index (χ1v) is 7.77. The maximum Gasteiger partial charge on any atom is 0.173 e. The molecule has 0 aliphatic rings. The van der Waals surface area contributed by atoms with Crippen molar-refractivity contribution in [3.05, 3.63) is 95.8 Å². The lowest BCUT2D eigenvalue weighted by Gasteiger charge is -2.27. The monoisotopic (exact) mass is 315 g/mol. The van der Waals surface area contributed by atoms with Crippen LogP contribution in [0.15, 0.2) is 78.9 Å². The third kappa shape index (κ3) is 2.25. The lowest BCUT2D eigenvalue weighted by molar-refractivity contribution is 0.117. The quantitative estimate of drug-likeness (QED) is 0.507. The number of nitrogens with zero attached hydrogens (tertiary/aromatic N) is 1. The zero-order valence-corrected chi connectivity index (χ0v) is 13.0. The molecule has 0 atom stereocenters. The fourth-order valence-corrected chi connectivity index (χ4v) is 3.00. The van der Waals surface area contributed by atoms with Crippen molar-refractivity contribution in [3.8, 4) is 0 Å². The molecule has 0 radical (unpaired) electrons. The Kier molecular flexibility index (Phi) is 3.32. The van der Waals surface area contributed by atoms with E-state index in [0.29, 0.717) is 11.5 Å². The van der Waals surface area contributed by atoms with E-state index in [9.17, 15) is 5.11 Å². The maximum atomic E-state index is 11.7. The fraction of sp³-hybridized carbons (Fsp3) is 0.0500. The minimum atomic E-state index is -1.36. The zero-order chi connectivity index (χ0) is 16.6. The molecule has 4 aromatic rings. The summed E-state index contributed by atoms with van der Waals surface area (Å²) in [6.45, 7) is 0. The summed E-state index contributed by atoms with van der Waals surface area (Å²) >= 11 is 0. The van der Waals surface area contributed by atoms with Crippen molar-refractivity contribution in [1.82, 2.24) is 9.97 Å². The van der Waals surface area contributed by atoms with Gasteiger partial charge in [-0.2, -0.15) is 0 Å². The van der Waals surface area contributed by atoms with E-state index in [4.69, 9.17) is 5.73 Å². The lowest BCUT2D eigenvalue weighted by atomic mass is 9.85. The van der Waals surface area contributed by atoms with E-state index in [1.54, 1.807) is 6.07 Å². The van der Waals surface area contributed by atoms with Crippen molar-refractivity contribution in [1.29, 1.82) is 0 Å². The summed E-state index contributed by atoms with van der Waals surface area (Å²) < 4.78 is 0. The number of anilines is 1. The minimum absolute atomic E-state index is 0.473. The second-order valence-electron chi connectivity index (χ2n) is 5.80. The average molecular weight is 315 g/mol. The van der Waals surface area contributed by atoms with Crippen LogP contribution in [0.2, 0.25) is 0 Å². The van der Waals surface area contributed by atoms with Gasteiger partial charge in [0.15, 0.2) is 5.60 Å². The van der Waals surface area contributed by atoms with E-state index in [1.807, 2.05) is 72.8 Å². The van der Waals surface area contributed by atoms with Crippen molar-refractivity contribution >= 4 is 16.7 Å². The van der Waals surface area contributed by atoms with Gasteiger partial charge in [-0.25, -0.2) is 4.98 Å². The van der Waals surface area contributed by atoms with Gasteiger partial charge in [-0.3, -0.25) is 0 Å². The number of aromatic nitrogens is 2. The topological polar surface area (TPSA) is 74.9 Å². The molecule has 4 nitrogen and oxygen atoms in total. The molecule has 0 spiro atoms. The number of nitrogen functional groups attached to an aromatic ring is 1. The molecule has 0 aliphatic carbocycles. The van der Waals surface area contributed by atoms with Crippen LogP contribution in [0.25, 0.3) is 11.0 Å². The number of hydrogen-bond donors (Lipinski definition) is 3. The van der Waals surface area contributed by atoms with Gasteiger partial charge < -0.3 is 15.8 Å². The van der Waals surface area contributed by atoms with E-state index in [0.717, 1.165) is 22.2 Å². The summed E-state index contributed by atoms with van der Waals surface area (Å²) in [5.41, 5.74) is 8.22. The first-order valence-electron chi connectivity index (χ1n) is 7.77. The Morgan fingerprint density at radius 3 is 2.00 bits per heavy atom. The van der Waals surface area contributed by atoms with E-state index in [1.165, 1.54) is 0 Å². The van der Waals surface area contributed by atoms with E-state index >= 15 is 0 Å². The fourth-order valence-electron chi connectivity index (χ4n) is 3.00. The van der Waals surface area contributed by atoms with Gasteiger partial charge in [-0.15, -0.1) is 0 Å². The van der Waals surface area contributed by atoms with Crippen molar-refractivity contribution in [2.24, 2.45) is 0 Å². The summed E-state index contributed by atoms with van der Waals surface area (Å²) in [5, 5.41) is 11.7. The number of H-pyrrole nitrogens is 1. The van der Waals surface area contributed by atoms with Crippen LogP contribution >= 0.6 is 0 Å². The molecule has 0 saturated carbocycles. The molecular weight excluding hydrogens is 298 g/mol. The molecule has 4 N–H and O–H groups in total. The lowest BCUT2D eigenvalue weighted by Crippen LogP contribution is -2.30. The largest absolute Gasteiger partial charge is 0.399 e. The van der Waals surface area contributed by atoms with E-state index in [2.05, 4.69) is 9.97 Å². The van der Waals surface area contributed by atoms with Crippen molar-refractivity contribution in [2.45, 2.75) is 5.60 Å². The summed E-state index contributed by atoms with van der Waals surface area (Å²) in [5.74, 6) is 0.473. The number of hydrogen-bond acceptors (Lipinski definition) is 3. The van der Waals surface area contributed by atoms with Gasteiger partial charge in [0.25, 0.3) is 0 Å². The number of nitrogens with two attached hydrogens (primary N) is 1. The summed E-state index contributed by atoms with van der Waals surface area (Å²) in [6, 6.07) is 24.5. The molecule has 4 rings (SSSR count). The van der Waals surface area contributed by atoms with Gasteiger partial charge in [0.2, 0.25) is 0 Å². The van der Waals surface area contributed by atoms with E-state index < -0.39 is 5.60 Å². The van der Waals surface area contributed by atoms with Crippen LogP contribution in [0.3, 0.4) is 0 Å². The normalized spacial score (nSPS) is 11.7. The third-order valence-electron chi connectivity index (χ3n) is 4.23. The van der Waals surface area contributed by atoms with Crippen molar-refractivity contribution < 1.29 is 5.11 Å². The number of rotatable bonds is 3. The smallest absolute Gasteiger partial charge is 0.173 e. The highest BCUT2D eigenvalue weighted by atomic mass is 16.3. The molecule has 1 aromatic heterocycles. The van der Waals surface area contributed by atoms with Gasteiger partial charge in [-0.1, -0.05) is 60.7 Å². The Morgan fingerprint density at radius 1 is 0.833 bits per heavy atom. The first kappa shape index (κ1) is 14.5. The molecule has 0 saturated heterocycles. The van der Waals surface area contributed by atoms with Crippen molar-refractivity contribution in [2.75, 3.05) is 5.73 Å². The molecule has 1 heterocycles.